The van der Waals surface area contributed by atoms with Gasteiger partial charge < -0.3 is 15.0 Å². The molecule has 1 saturated heterocycles. The lowest BCUT2D eigenvalue weighted by Crippen LogP contribution is -2.45. The van der Waals surface area contributed by atoms with Gasteiger partial charge in [-0.05, 0) is 37.5 Å². The van der Waals surface area contributed by atoms with Gasteiger partial charge in [0.05, 0.1) is 12.5 Å². The lowest BCUT2D eigenvalue weighted by Gasteiger charge is -2.30. The molecule has 0 saturated carbocycles. The number of amides is 2. The Balaban J connectivity index is 1.75. The van der Waals surface area contributed by atoms with E-state index in [-0.39, 0.29) is 17.9 Å². The highest BCUT2D eigenvalue weighted by atomic mass is 79.9. The number of carbonyl (C=O) groups is 2. The van der Waals surface area contributed by atoms with Gasteiger partial charge >= 0.3 is 12.0 Å². The summed E-state index contributed by atoms with van der Waals surface area (Å²) in [7, 11) is 0. The number of benzene rings is 1. The summed E-state index contributed by atoms with van der Waals surface area (Å²) in [5, 5.41) is 2.91. The molecule has 2 rings (SSSR count). The van der Waals surface area contributed by atoms with Crippen LogP contribution in [-0.4, -0.2) is 36.6 Å². The first kappa shape index (κ1) is 16.8. The van der Waals surface area contributed by atoms with E-state index in [4.69, 9.17) is 4.74 Å². The van der Waals surface area contributed by atoms with Gasteiger partial charge in [0.25, 0.3) is 0 Å². The monoisotopic (exact) mass is 368 g/mol. The molecular formula is C16H21BrN2O3. The fourth-order valence-corrected chi connectivity index (χ4v) is 2.73. The number of hydrogen-bond acceptors (Lipinski definition) is 3. The van der Waals surface area contributed by atoms with Crippen LogP contribution in [0.3, 0.4) is 0 Å². The molecule has 0 aliphatic carbocycles. The molecule has 1 aromatic carbocycles. The molecule has 1 aliphatic rings. The number of likely N-dealkylation sites (tertiary alicyclic amines) is 1. The number of halogens is 1. The van der Waals surface area contributed by atoms with E-state index in [9.17, 15) is 9.59 Å². The average molecular weight is 369 g/mol. The molecule has 5 nitrogen and oxygen atoms in total. The van der Waals surface area contributed by atoms with Crippen molar-refractivity contribution in [2.75, 3.05) is 19.7 Å². The third-order valence-corrected chi connectivity index (χ3v) is 4.29. The zero-order chi connectivity index (χ0) is 15.9. The predicted molar refractivity (Wildman–Crippen MR) is 87.3 cm³/mol. The van der Waals surface area contributed by atoms with Crippen LogP contribution in [0.15, 0.2) is 28.7 Å². The average Bonchev–Trinajstić information content (AvgIpc) is 2.54. The zero-order valence-electron chi connectivity index (χ0n) is 12.7. The quantitative estimate of drug-likeness (QED) is 0.831. The molecule has 0 bridgehead atoms. The van der Waals surface area contributed by atoms with Crippen molar-refractivity contribution in [1.82, 2.24) is 10.2 Å². The summed E-state index contributed by atoms with van der Waals surface area (Å²) in [6, 6.07) is 7.76. The van der Waals surface area contributed by atoms with E-state index in [2.05, 4.69) is 21.2 Å². The van der Waals surface area contributed by atoms with Crippen LogP contribution < -0.4 is 5.32 Å². The minimum absolute atomic E-state index is 0.0736. The van der Waals surface area contributed by atoms with Gasteiger partial charge in [0, 0.05) is 24.1 Å². The first-order valence-electron chi connectivity index (χ1n) is 7.54. The van der Waals surface area contributed by atoms with Crippen LogP contribution in [0.4, 0.5) is 4.79 Å². The number of ether oxygens (including phenoxy) is 1. The molecule has 0 unspecified atom stereocenters. The van der Waals surface area contributed by atoms with Crippen LogP contribution in [0.25, 0.3) is 0 Å². The lowest BCUT2D eigenvalue weighted by atomic mass is 9.97. The topological polar surface area (TPSA) is 58.6 Å². The Hall–Kier alpha value is -1.56. The van der Waals surface area contributed by atoms with Gasteiger partial charge in [0.1, 0.15) is 0 Å². The van der Waals surface area contributed by atoms with Gasteiger partial charge in [0.15, 0.2) is 0 Å². The van der Waals surface area contributed by atoms with E-state index >= 15 is 0 Å². The number of nitrogens with one attached hydrogen (secondary N) is 1. The normalized spacial score (nSPS) is 15.5. The smallest absolute Gasteiger partial charge is 0.317 e. The first-order chi connectivity index (χ1) is 10.6. The summed E-state index contributed by atoms with van der Waals surface area (Å²) in [5.41, 5.74) is 1.05. The molecule has 1 aromatic rings. The molecule has 0 atom stereocenters. The van der Waals surface area contributed by atoms with Crippen LogP contribution in [0.5, 0.6) is 0 Å². The SMILES string of the molecule is CCOC(=O)C1CCN(C(=O)NCc2ccc(Br)cc2)CC1. The van der Waals surface area contributed by atoms with Gasteiger partial charge in [-0.1, -0.05) is 28.1 Å². The standard InChI is InChI=1S/C16H21BrN2O3/c1-2-22-15(20)13-7-9-19(10-8-13)16(21)18-11-12-3-5-14(17)6-4-12/h3-6,13H,2,7-11H2,1H3,(H,18,21). The van der Waals surface area contributed by atoms with Crippen LogP contribution in [0, 0.1) is 5.92 Å². The van der Waals surface area contributed by atoms with Crippen LogP contribution in [-0.2, 0) is 16.1 Å². The summed E-state index contributed by atoms with van der Waals surface area (Å²) in [4.78, 5) is 25.6. The number of hydrogen-bond donors (Lipinski definition) is 1. The molecular weight excluding hydrogens is 348 g/mol. The van der Waals surface area contributed by atoms with E-state index in [1.807, 2.05) is 31.2 Å². The van der Waals surface area contributed by atoms with Crippen molar-refractivity contribution in [3.8, 4) is 0 Å². The highest BCUT2D eigenvalue weighted by molar-refractivity contribution is 9.10. The van der Waals surface area contributed by atoms with Gasteiger partial charge in [-0.25, -0.2) is 4.79 Å². The van der Waals surface area contributed by atoms with E-state index in [1.54, 1.807) is 4.90 Å². The van der Waals surface area contributed by atoms with Crippen molar-refractivity contribution in [1.29, 1.82) is 0 Å². The van der Waals surface area contributed by atoms with E-state index in [0.29, 0.717) is 39.1 Å². The van der Waals surface area contributed by atoms with Gasteiger partial charge in [-0.3, -0.25) is 4.79 Å². The Morgan fingerprint density at radius 2 is 1.91 bits per heavy atom. The van der Waals surface area contributed by atoms with E-state index in [1.165, 1.54) is 0 Å². The van der Waals surface area contributed by atoms with Crippen molar-refractivity contribution in [3.05, 3.63) is 34.3 Å². The Bertz CT molecular complexity index is 511. The van der Waals surface area contributed by atoms with Crippen molar-refractivity contribution in [2.24, 2.45) is 5.92 Å². The Labute approximate surface area is 139 Å². The molecule has 1 N–H and O–H groups in total. The molecule has 0 spiro atoms. The largest absolute Gasteiger partial charge is 0.466 e. The molecule has 2 amide bonds. The molecule has 1 aliphatic heterocycles. The zero-order valence-corrected chi connectivity index (χ0v) is 14.3. The predicted octanol–water partition coefficient (Wildman–Crippen LogP) is 2.93. The Kier molecular flexibility index (Phi) is 6.24. The second-order valence-electron chi connectivity index (χ2n) is 5.30. The third-order valence-electron chi connectivity index (χ3n) is 3.76. The number of carbonyl (C=O) groups excluding carboxylic acids is 2. The minimum Gasteiger partial charge on any atom is -0.466 e. The van der Waals surface area contributed by atoms with E-state index < -0.39 is 0 Å². The molecule has 6 heteroatoms. The van der Waals surface area contributed by atoms with Crippen molar-refractivity contribution in [3.63, 3.8) is 0 Å². The summed E-state index contributed by atoms with van der Waals surface area (Å²) in [6.07, 6.45) is 1.34. The maximum atomic E-state index is 12.1. The van der Waals surface area contributed by atoms with Crippen LogP contribution >= 0.6 is 15.9 Å². The molecule has 0 aromatic heterocycles. The van der Waals surface area contributed by atoms with Crippen molar-refractivity contribution < 1.29 is 14.3 Å². The summed E-state index contributed by atoms with van der Waals surface area (Å²) < 4.78 is 6.05. The summed E-state index contributed by atoms with van der Waals surface area (Å²) in [6.45, 7) is 3.91. The van der Waals surface area contributed by atoms with Gasteiger partial charge in [-0.15, -0.1) is 0 Å². The highest BCUT2D eigenvalue weighted by Gasteiger charge is 2.27. The fraction of sp³-hybridized carbons (Fsp3) is 0.500. The Morgan fingerprint density at radius 1 is 1.27 bits per heavy atom. The minimum atomic E-state index is -0.141. The second-order valence-corrected chi connectivity index (χ2v) is 6.21. The summed E-state index contributed by atoms with van der Waals surface area (Å²) in [5.74, 6) is -0.215. The molecule has 1 fully saturated rings. The number of esters is 1. The number of piperidine rings is 1. The Morgan fingerprint density at radius 3 is 2.50 bits per heavy atom. The van der Waals surface area contributed by atoms with Crippen molar-refractivity contribution in [2.45, 2.75) is 26.3 Å². The van der Waals surface area contributed by atoms with Gasteiger partial charge in [-0.2, -0.15) is 0 Å². The maximum Gasteiger partial charge on any atom is 0.317 e. The molecule has 1 heterocycles. The molecule has 22 heavy (non-hydrogen) atoms. The maximum absolute atomic E-state index is 12.1. The van der Waals surface area contributed by atoms with Crippen LogP contribution in [0.2, 0.25) is 0 Å². The second kappa shape index (κ2) is 8.17. The number of rotatable bonds is 4. The number of nitrogens with zero attached hydrogens (tertiary/aromatic N) is 1. The van der Waals surface area contributed by atoms with Crippen molar-refractivity contribution >= 4 is 27.9 Å². The molecule has 0 radical (unpaired) electrons. The number of urea groups is 1. The lowest BCUT2D eigenvalue weighted by molar-refractivity contribution is -0.149. The van der Waals surface area contributed by atoms with E-state index in [0.717, 1.165) is 10.0 Å². The van der Waals surface area contributed by atoms with Gasteiger partial charge in [0.2, 0.25) is 0 Å². The first-order valence-corrected chi connectivity index (χ1v) is 8.33. The fourth-order valence-electron chi connectivity index (χ4n) is 2.47. The third kappa shape index (κ3) is 4.73. The van der Waals surface area contributed by atoms with Crippen LogP contribution in [0.1, 0.15) is 25.3 Å². The summed E-state index contributed by atoms with van der Waals surface area (Å²) >= 11 is 3.38. The molecule has 120 valence electrons. The highest BCUT2D eigenvalue weighted by Crippen LogP contribution is 2.18.